The van der Waals surface area contributed by atoms with Crippen molar-refractivity contribution in [1.29, 1.82) is 0 Å². The highest BCUT2D eigenvalue weighted by molar-refractivity contribution is 5.78. The number of amides is 2. The van der Waals surface area contributed by atoms with Crippen LogP contribution >= 0.6 is 0 Å². The molecular formula is C22H42N2O4. The Balaban J connectivity index is 0.000000280. The lowest BCUT2D eigenvalue weighted by Gasteiger charge is -2.31. The minimum absolute atomic E-state index is 0.0338. The van der Waals surface area contributed by atoms with Crippen LogP contribution in [0.25, 0.3) is 0 Å². The maximum absolute atomic E-state index is 11.4. The van der Waals surface area contributed by atoms with E-state index in [0.717, 1.165) is 25.7 Å². The number of aliphatic hydroxyl groups excluding tert-OH is 2. The summed E-state index contributed by atoms with van der Waals surface area (Å²) in [5.74, 6) is 1.01. The summed E-state index contributed by atoms with van der Waals surface area (Å²) in [6.07, 6.45) is 4.92. The van der Waals surface area contributed by atoms with Crippen LogP contribution in [0, 0.1) is 23.7 Å². The zero-order valence-corrected chi connectivity index (χ0v) is 18.6. The van der Waals surface area contributed by atoms with Crippen molar-refractivity contribution in [2.45, 2.75) is 104 Å². The molecule has 0 aromatic heterocycles. The SMILES string of the molecule is CC(C)C(=O)N[C@@H]1CC[C@@H](C)[C@H](O)C1.CC(C)C(=O)N[C@H]1CC[C@H](C)[C@@H](O)C1. The van der Waals surface area contributed by atoms with Crippen molar-refractivity contribution < 1.29 is 19.8 Å². The quantitative estimate of drug-likeness (QED) is 0.585. The number of hydrogen-bond acceptors (Lipinski definition) is 4. The Morgan fingerprint density at radius 1 is 0.714 bits per heavy atom. The van der Waals surface area contributed by atoms with Gasteiger partial charge in [-0.15, -0.1) is 0 Å². The zero-order valence-electron chi connectivity index (χ0n) is 18.6. The number of carbonyl (C=O) groups is 2. The monoisotopic (exact) mass is 398 g/mol. The molecule has 2 aliphatic rings. The molecule has 0 saturated heterocycles. The van der Waals surface area contributed by atoms with E-state index in [4.69, 9.17) is 0 Å². The van der Waals surface area contributed by atoms with Crippen LogP contribution in [0.1, 0.15) is 80.1 Å². The molecule has 0 unspecified atom stereocenters. The van der Waals surface area contributed by atoms with Crippen LogP contribution in [0.3, 0.4) is 0 Å². The average Bonchev–Trinajstić information content (AvgIpc) is 2.61. The highest BCUT2D eigenvalue weighted by Crippen LogP contribution is 2.25. The normalized spacial score (nSPS) is 33.1. The van der Waals surface area contributed by atoms with Crippen molar-refractivity contribution in [3.63, 3.8) is 0 Å². The molecule has 0 aromatic rings. The number of aliphatic hydroxyl groups is 2. The third-order valence-electron chi connectivity index (χ3n) is 6.05. The van der Waals surface area contributed by atoms with Gasteiger partial charge in [0.25, 0.3) is 0 Å². The van der Waals surface area contributed by atoms with Gasteiger partial charge < -0.3 is 20.8 Å². The summed E-state index contributed by atoms with van der Waals surface area (Å²) in [4.78, 5) is 22.8. The van der Waals surface area contributed by atoms with Crippen molar-refractivity contribution in [3.8, 4) is 0 Å². The van der Waals surface area contributed by atoms with E-state index in [1.54, 1.807) is 0 Å². The maximum atomic E-state index is 11.4. The van der Waals surface area contributed by atoms with Gasteiger partial charge in [0.05, 0.1) is 12.2 Å². The number of rotatable bonds is 4. The number of carbonyl (C=O) groups excluding carboxylic acids is 2. The van der Waals surface area contributed by atoms with Crippen LogP contribution in [0.15, 0.2) is 0 Å². The van der Waals surface area contributed by atoms with Gasteiger partial charge >= 0.3 is 0 Å². The molecule has 0 spiro atoms. The van der Waals surface area contributed by atoms with E-state index in [1.807, 2.05) is 27.7 Å². The number of nitrogens with one attached hydrogen (secondary N) is 2. The lowest BCUT2D eigenvalue weighted by atomic mass is 9.84. The Morgan fingerprint density at radius 3 is 1.29 bits per heavy atom. The highest BCUT2D eigenvalue weighted by Gasteiger charge is 2.28. The molecule has 2 aliphatic carbocycles. The van der Waals surface area contributed by atoms with E-state index in [2.05, 4.69) is 24.5 Å². The van der Waals surface area contributed by atoms with Gasteiger partial charge in [0, 0.05) is 23.9 Å². The molecule has 2 saturated carbocycles. The topological polar surface area (TPSA) is 98.7 Å². The number of hydrogen-bond donors (Lipinski definition) is 4. The molecule has 0 bridgehead atoms. The van der Waals surface area contributed by atoms with E-state index < -0.39 is 0 Å². The molecule has 2 amide bonds. The van der Waals surface area contributed by atoms with E-state index in [1.165, 1.54) is 0 Å². The van der Waals surface area contributed by atoms with Crippen LogP contribution in [0.4, 0.5) is 0 Å². The summed E-state index contributed by atoms with van der Waals surface area (Å²) in [7, 11) is 0. The predicted octanol–water partition coefficient (Wildman–Crippen LogP) is 2.62. The fourth-order valence-corrected chi connectivity index (χ4v) is 3.59. The Bertz CT molecular complexity index is 451. The van der Waals surface area contributed by atoms with Crippen LogP contribution in [0.5, 0.6) is 0 Å². The summed E-state index contributed by atoms with van der Waals surface area (Å²) >= 11 is 0. The van der Waals surface area contributed by atoms with Crippen LogP contribution < -0.4 is 10.6 Å². The molecule has 6 atom stereocenters. The Labute approximate surface area is 170 Å². The fraction of sp³-hybridized carbons (Fsp3) is 0.909. The molecule has 164 valence electrons. The summed E-state index contributed by atoms with van der Waals surface area (Å²) in [5, 5.41) is 25.2. The molecule has 0 aromatic carbocycles. The third kappa shape index (κ3) is 8.48. The molecule has 6 nitrogen and oxygen atoms in total. The first kappa shape index (κ1) is 24.9. The Kier molecular flexibility index (Phi) is 10.5. The predicted molar refractivity (Wildman–Crippen MR) is 112 cm³/mol. The molecule has 2 fully saturated rings. The van der Waals surface area contributed by atoms with Crippen LogP contribution in [-0.2, 0) is 9.59 Å². The standard InChI is InChI=1S/2C11H21NO2/c2*1-7(2)11(14)12-9-5-4-8(3)10(13)6-9/h2*7-10,13H,4-6H2,1-3H3,(H,12,14)/t2*8-,9-,10-/m10/s1. The van der Waals surface area contributed by atoms with Gasteiger partial charge in [-0.1, -0.05) is 41.5 Å². The minimum atomic E-state index is -0.249. The summed E-state index contributed by atoms with van der Waals surface area (Å²) in [6, 6.07) is 0.354. The summed E-state index contributed by atoms with van der Waals surface area (Å²) < 4.78 is 0. The van der Waals surface area contributed by atoms with Gasteiger partial charge in [0.1, 0.15) is 0 Å². The molecule has 2 rings (SSSR count). The van der Waals surface area contributed by atoms with Crippen molar-refractivity contribution >= 4 is 11.8 Å². The summed E-state index contributed by atoms with van der Waals surface area (Å²) in [5.41, 5.74) is 0. The first-order valence-electron chi connectivity index (χ1n) is 11.0. The molecular weight excluding hydrogens is 356 g/mol. The molecule has 0 radical (unpaired) electrons. The third-order valence-corrected chi connectivity index (χ3v) is 6.05. The smallest absolute Gasteiger partial charge is 0.222 e. The van der Waals surface area contributed by atoms with Gasteiger partial charge in [0.15, 0.2) is 0 Å². The fourth-order valence-electron chi connectivity index (χ4n) is 3.59. The lowest BCUT2D eigenvalue weighted by Crippen LogP contribution is -2.43. The molecule has 28 heavy (non-hydrogen) atoms. The van der Waals surface area contributed by atoms with E-state index in [0.29, 0.717) is 24.7 Å². The second-order valence-corrected chi connectivity index (χ2v) is 9.44. The van der Waals surface area contributed by atoms with Crippen molar-refractivity contribution in [2.24, 2.45) is 23.7 Å². The maximum Gasteiger partial charge on any atom is 0.222 e. The van der Waals surface area contributed by atoms with Gasteiger partial charge in [0.2, 0.25) is 11.8 Å². The largest absolute Gasteiger partial charge is 0.393 e. The average molecular weight is 399 g/mol. The van der Waals surface area contributed by atoms with Gasteiger partial charge in [-0.05, 0) is 50.4 Å². The van der Waals surface area contributed by atoms with Crippen LogP contribution in [-0.4, -0.2) is 46.3 Å². The Hall–Kier alpha value is -1.14. The first-order valence-corrected chi connectivity index (χ1v) is 11.0. The van der Waals surface area contributed by atoms with Gasteiger partial charge in [-0.3, -0.25) is 9.59 Å². The van der Waals surface area contributed by atoms with Crippen LogP contribution in [0.2, 0.25) is 0 Å². The van der Waals surface area contributed by atoms with Gasteiger partial charge in [-0.25, -0.2) is 0 Å². The first-order chi connectivity index (χ1) is 13.0. The second kappa shape index (κ2) is 11.8. The molecule has 6 heteroatoms. The minimum Gasteiger partial charge on any atom is -0.393 e. The van der Waals surface area contributed by atoms with E-state index in [-0.39, 0.29) is 47.9 Å². The van der Waals surface area contributed by atoms with Crippen molar-refractivity contribution in [2.75, 3.05) is 0 Å². The molecule has 0 heterocycles. The van der Waals surface area contributed by atoms with Crippen molar-refractivity contribution in [3.05, 3.63) is 0 Å². The second-order valence-electron chi connectivity index (χ2n) is 9.44. The zero-order chi connectivity index (χ0) is 21.4. The van der Waals surface area contributed by atoms with Crippen molar-refractivity contribution in [1.82, 2.24) is 10.6 Å². The lowest BCUT2D eigenvalue weighted by molar-refractivity contribution is -0.126. The highest BCUT2D eigenvalue weighted by atomic mass is 16.3. The molecule has 4 N–H and O–H groups in total. The Morgan fingerprint density at radius 2 is 1.04 bits per heavy atom. The summed E-state index contributed by atoms with van der Waals surface area (Å²) in [6.45, 7) is 11.7. The molecule has 0 aliphatic heterocycles. The van der Waals surface area contributed by atoms with E-state index >= 15 is 0 Å². The van der Waals surface area contributed by atoms with Gasteiger partial charge in [-0.2, -0.15) is 0 Å². The van der Waals surface area contributed by atoms with E-state index in [9.17, 15) is 19.8 Å².